The summed E-state index contributed by atoms with van der Waals surface area (Å²) < 4.78 is -1.67. The Balaban J connectivity index is 3.68. The molecule has 0 aliphatic rings. The Morgan fingerprint density at radius 3 is 1.17 bits per heavy atom. The van der Waals surface area contributed by atoms with Crippen molar-refractivity contribution in [1.29, 1.82) is 0 Å². The average Bonchev–Trinajstić information content (AvgIpc) is 2.12. The van der Waals surface area contributed by atoms with Crippen molar-refractivity contribution in [3.63, 3.8) is 0 Å². The lowest BCUT2D eigenvalue weighted by Crippen LogP contribution is -2.16. The molecule has 18 heavy (non-hydrogen) atoms. The molecule has 1 rings (SSSR count). The maximum Gasteiger partial charge on any atom is 0.160 e. The SMILES string of the molecule is BrC(Br)(Br)c1c[c]cc(C(Br)(Br)Br)c1C(Br)(Br)Br. The van der Waals surface area contributed by atoms with E-state index in [1.807, 2.05) is 12.1 Å². The van der Waals surface area contributed by atoms with Gasteiger partial charge in [0.05, 0.1) is 0 Å². The van der Waals surface area contributed by atoms with Crippen LogP contribution in [0.3, 0.4) is 0 Å². The van der Waals surface area contributed by atoms with Gasteiger partial charge in [0.15, 0.2) is 6.43 Å². The molecule has 0 spiro atoms. The largest absolute Gasteiger partial charge is 0.160 e. The Morgan fingerprint density at radius 2 is 0.944 bits per heavy atom. The quantitative estimate of drug-likeness (QED) is 0.231. The first-order chi connectivity index (χ1) is 7.85. The summed E-state index contributed by atoms with van der Waals surface area (Å²) in [5, 5.41) is 0. The summed E-state index contributed by atoms with van der Waals surface area (Å²) in [4.78, 5) is 0. The van der Waals surface area contributed by atoms with Crippen molar-refractivity contribution in [2.24, 2.45) is 0 Å². The Morgan fingerprint density at radius 1 is 0.611 bits per heavy atom. The van der Waals surface area contributed by atoms with Crippen molar-refractivity contribution in [3.05, 3.63) is 34.9 Å². The fourth-order valence-corrected chi connectivity index (χ4v) is 4.41. The Bertz CT molecular complexity index is 403. The molecule has 0 bridgehead atoms. The molecule has 0 aliphatic carbocycles. The van der Waals surface area contributed by atoms with E-state index in [1.54, 1.807) is 0 Å². The second kappa shape index (κ2) is 6.97. The molecule has 1 aromatic carbocycles. The number of alkyl halides is 9. The number of hydrogen-bond acceptors (Lipinski definition) is 0. The second-order valence-electron chi connectivity index (χ2n) is 3.15. The third-order valence-electron chi connectivity index (χ3n) is 1.89. The summed E-state index contributed by atoms with van der Waals surface area (Å²) in [5.74, 6) is 0. The predicted molar refractivity (Wildman–Crippen MR) is 111 cm³/mol. The van der Waals surface area contributed by atoms with Crippen LogP contribution in [0.15, 0.2) is 12.1 Å². The van der Waals surface area contributed by atoms with Gasteiger partial charge in [0.1, 0.15) is 0 Å². The van der Waals surface area contributed by atoms with E-state index >= 15 is 0 Å². The lowest BCUT2D eigenvalue weighted by atomic mass is 10.0. The molecular formula is C9H2Br9. The van der Waals surface area contributed by atoms with E-state index in [-0.39, 0.29) is 0 Å². The van der Waals surface area contributed by atoms with Gasteiger partial charge in [-0.25, -0.2) is 0 Å². The normalized spacial score (nSPS) is 13.8. The third-order valence-corrected chi connectivity index (χ3v) is 5.64. The van der Waals surface area contributed by atoms with Gasteiger partial charge in [-0.05, 0) is 29.3 Å². The molecular weight excluding hydrogens is 827 g/mol. The minimum absolute atomic E-state index is 0.548. The van der Waals surface area contributed by atoms with Gasteiger partial charge >= 0.3 is 0 Å². The van der Waals surface area contributed by atoms with E-state index in [1.165, 1.54) is 0 Å². The van der Waals surface area contributed by atoms with Crippen molar-refractivity contribution in [2.75, 3.05) is 0 Å². The highest BCUT2D eigenvalue weighted by Gasteiger charge is 2.38. The number of rotatable bonds is 0. The smallest absolute Gasteiger partial charge is 0.0546 e. The highest BCUT2D eigenvalue weighted by Crippen LogP contribution is 2.58. The number of benzene rings is 1. The summed E-state index contributed by atoms with van der Waals surface area (Å²) in [6, 6.07) is 6.88. The maximum absolute atomic E-state index is 3.57. The molecule has 101 valence electrons. The number of hydrogen-bond donors (Lipinski definition) is 0. The van der Waals surface area contributed by atoms with Crippen LogP contribution in [0, 0.1) is 6.07 Å². The van der Waals surface area contributed by atoms with Crippen molar-refractivity contribution in [3.8, 4) is 0 Å². The van der Waals surface area contributed by atoms with Gasteiger partial charge in [0, 0.05) is 5.56 Å². The molecule has 0 heterocycles. The predicted octanol–water partition coefficient (Wildman–Crippen LogP) is 8.37. The summed E-state index contributed by atoms with van der Waals surface area (Å²) >= 11 is 31.9. The molecule has 0 aliphatic heterocycles. The van der Waals surface area contributed by atoms with Gasteiger partial charge in [0.25, 0.3) is 0 Å². The lowest BCUT2D eigenvalue weighted by Gasteiger charge is -2.28. The van der Waals surface area contributed by atoms with Crippen LogP contribution in [0.4, 0.5) is 0 Å². The molecule has 0 aromatic heterocycles. The maximum atomic E-state index is 3.57. The summed E-state index contributed by atoms with van der Waals surface area (Å²) in [6.07, 6.45) is 0. The molecule has 1 radical (unpaired) electrons. The Labute approximate surface area is 181 Å². The van der Waals surface area contributed by atoms with E-state index in [0.29, 0.717) is 0 Å². The topological polar surface area (TPSA) is 0 Å². The molecule has 0 unspecified atom stereocenters. The van der Waals surface area contributed by atoms with Gasteiger partial charge in [-0.2, -0.15) is 0 Å². The van der Waals surface area contributed by atoms with Crippen molar-refractivity contribution >= 4 is 143 Å². The van der Waals surface area contributed by atoms with Crippen LogP contribution in [-0.4, -0.2) is 0 Å². The molecule has 0 amide bonds. The third kappa shape index (κ3) is 5.32. The first-order valence-electron chi connectivity index (χ1n) is 4.11. The highest BCUT2D eigenvalue weighted by molar-refractivity contribution is 9.39. The Hall–Kier alpha value is 3.54. The van der Waals surface area contributed by atoms with Gasteiger partial charge in [-0.1, -0.05) is 143 Å². The summed E-state index contributed by atoms with van der Waals surface area (Å²) in [7, 11) is 0. The van der Waals surface area contributed by atoms with Crippen molar-refractivity contribution < 1.29 is 0 Å². The summed E-state index contributed by atoms with van der Waals surface area (Å²) in [6.45, 7) is 0. The van der Waals surface area contributed by atoms with E-state index in [9.17, 15) is 0 Å². The van der Waals surface area contributed by atoms with Crippen LogP contribution in [0.25, 0.3) is 0 Å². The first kappa shape index (κ1) is 19.6. The molecule has 1 aromatic rings. The number of halogens is 9. The van der Waals surface area contributed by atoms with Crippen molar-refractivity contribution in [1.82, 2.24) is 0 Å². The monoisotopic (exact) mass is 820 g/mol. The fraction of sp³-hybridized carbons (Fsp3) is 0.333. The Kier molecular flexibility index (Phi) is 7.59. The minimum Gasteiger partial charge on any atom is -0.0546 e. The average molecular weight is 829 g/mol. The fourth-order valence-electron chi connectivity index (χ4n) is 1.25. The molecule has 0 atom stereocenters. The van der Waals surface area contributed by atoms with Gasteiger partial charge in [-0.15, -0.1) is 0 Å². The van der Waals surface area contributed by atoms with E-state index in [0.717, 1.165) is 16.7 Å². The zero-order valence-electron chi connectivity index (χ0n) is 8.06. The van der Waals surface area contributed by atoms with Crippen LogP contribution < -0.4 is 0 Å². The zero-order chi connectivity index (χ0) is 14.4. The second-order valence-corrected chi connectivity index (χ2v) is 23.4. The van der Waals surface area contributed by atoms with Gasteiger partial charge in [-0.3, -0.25) is 0 Å². The standard InChI is InChI=1S/C9H2Br9/c10-7(11,12)4-2-1-3-5(8(13,14)15)6(4)9(16,17)18/h2-3H. The van der Waals surface area contributed by atoms with E-state index < -0.39 is 6.43 Å². The molecule has 0 saturated heterocycles. The zero-order valence-corrected chi connectivity index (χ0v) is 22.3. The summed E-state index contributed by atoms with van der Waals surface area (Å²) in [5.41, 5.74) is 2.87. The van der Waals surface area contributed by atoms with Crippen LogP contribution in [0.5, 0.6) is 0 Å². The van der Waals surface area contributed by atoms with Crippen LogP contribution in [0.1, 0.15) is 16.7 Å². The molecule has 9 heteroatoms. The van der Waals surface area contributed by atoms with Crippen LogP contribution >= 0.6 is 143 Å². The molecule has 0 saturated carbocycles. The van der Waals surface area contributed by atoms with Crippen LogP contribution in [-0.2, 0) is 6.43 Å². The molecule has 0 fully saturated rings. The first-order valence-corrected chi connectivity index (χ1v) is 11.2. The van der Waals surface area contributed by atoms with Gasteiger partial charge < -0.3 is 0 Å². The molecule has 0 nitrogen and oxygen atoms in total. The minimum atomic E-state index is -0.576. The van der Waals surface area contributed by atoms with E-state index in [4.69, 9.17) is 0 Å². The lowest BCUT2D eigenvalue weighted by molar-refractivity contribution is 1.16. The van der Waals surface area contributed by atoms with Gasteiger partial charge in [0.2, 0.25) is 0 Å². The van der Waals surface area contributed by atoms with Crippen molar-refractivity contribution in [2.45, 2.75) is 6.43 Å². The molecule has 0 N–H and O–H groups in total. The van der Waals surface area contributed by atoms with Crippen LogP contribution in [0.2, 0.25) is 0 Å². The van der Waals surface area contributed by atoms with E-state index in [2.05, 4.69) is 149 Å². The highest BCUT2D eigenvalue weighted by atomic mass is 80.0.